The Morgan fingerprint density at radius 1 is 1.09 bits per heavy atom. The maximum absolute atomic E-state index is 15.4. The second kappa shape index (κ2) is 10.5. The van der Waals surface area contributed by atoms with Gasteiger partial charge in [-0.05, 0) is 43.4 Å². The highest BCUT2D eigenvalue weighted by Gasteiger charge is 2.30. The fourth-order valence-electron chi connectivity index (χ4n) is 4.75. The predicted octanol–water partition coefficient (Wildman–Crippen LogP) is 3.97. The lowest BCUT2D eigenvalue weighted by Crippen LogP contribution is -2.40. The van der Waals surface area contributed by atoms with Gasteiger partial charge in [-0.1, -0.05) is 19.1 Å². The van der Waals surface area contributed by atoms with Crippen LogP contribution in [-0.2, 0) is 9.53 Å². The zero-order valence-corrected chi connectivity index (χ0v) is 19.7. The number of hydrogen-bond acceptors (Lipinski definition) is 7. The van der Waals surface area contributed by atoms with Crippen molar-refractivity contribution in [2.75, 3.05) is 43.1 Å². The second-order valence-electron chi connectivity index (χ2n) is 9.13. The zero-order chi connectivity index (χ0) is 23.4. The molecule has 0 amide bonds. The molecule has 2 aromatic rings. The van der Waals surface area contributed by atoms with Gasteiger partial charge in [0.05, 0.1) is 12.6 Å². The average Bonchev–Trinajstić information content (AvgIpc) is 3.27. The zero-order valence-electron chi connectivity index (χ0n) is 19.7. The summed E-state index contributed by atoms with van der Waals surface area (Å²) in [5.74, 6) is 1.46. The number of ether oxygens (including phenoxy) is 2. The molecule has 0 aliphatic carbocycles. The summed E-state index contributed by atoms with van der Waals surface area (Å²) in [6.07, 6.45) is 4.75. The Hall–Kier alpha value is -2.74. The number of methoxy groups -OCH3 is 1. The van der Waals surface area contributed by atoms with E-state index in [1.54, 1.807) is 14.0 Å². The molecule has 3 atom stereocenters. The van der Waals surface area contributed by atoms with Crippen molar-refractivity contribution in [2.45, 2.75) is 57.7 Å². The molecule has 7 nitrogen and oxygen atoms in total. The van der Waals surface area contributed by atoms with Crippen LogP contribution in [0.15, 0.2) is 30.6 Å². The molecule has 4 rings (SSSR count). The van der Waals surface area contributed by atoms with Gasteiger partial charge in [0.15, 0.2) is 11.6 Å². The normalized spacial score (nSPS) is 21.8. The van der Waals surface area contributed by atoms with Crippen molar-refractivity contribution in [2.24, 2.45) is 0 Å². The molecule has 1 unspecified atom stereocenters. The summed E-state index contributed by atoms with van der Waals surface area (Å²) in [6, 6.07) is 7.91. The van der Waals surface area contributed by atoms with Gasteiger partial charge in [-0.15, -0.1) is 0 Å². The second-order valence-corrected chi connectivity index (χ2v) is 9.13. The number of carbonyl (C=O) groups is 1. The van der Waals surface area contributed by atoms with Gasteiger partial charge in [0, 0.05) is 39.6 Å². The summed E-state index contributed by atoms with van der Waals surface area (Å²) in [5.41, 5.74) is 1.12. The summed E-state index contributed by atoms with van der Waals surface area (Å²) in [7, 11) is 1.70. The van der Waals surface area contributed by atoms with Crippen molar-refractivity contribution < 1.29 is 18.7 Å². The van der Waals surface area contributed by atoms with Crippen LogP contribution in [0.1, 0.15) is 51.0 Å². The largest absolute Gasteiger partial charge is 0.489 e. The van der Waals surface area contributed by atoms with Crippen LogP contribution in [0.25, 0.3) is 0 Å². The van der Waals surface area contributed by atoms with Crippen molar-refractivity contribution in [3.63, 3.8) is 0 Å². The quantitative estimate of drug-likeness (QED) is 0.595. The van der Waals surface area contributed by atoms with E-state index in [1.807, 2.05) is 34.1 Å². The fraction of sp³-hybridized carbons (Fsp3) is 0.560. The number of benzene rings is 1. The highest BCUT2D eigenvalue weighted by Crippen LogP contribution is 2.30. The van der Waals surface area contributed by atoms with E-state index >= 15 is 4.39 Å². The van der Waals surface area contributed by atoms with Crippen LogP contribution in [0, 0.1) is 5.82 Å². The topological polar surface area (TPSA) is 67.8 Å². The molecular weight excluding hydrogens is 423 g/mol. The van der Waals surface area contributed by atoms with Gasteiger partial charge in [-0.3, -0.25) is 0 Å². The lowest BCUT2D eigenvalue weighted by Gasteiger charge is -2.33. The molecule has 3 heterocycles. The molecule has 2 saturated heterocycles. The minimum atomic E-state index is -0.376. The Bertz CT molecular complexity index is 955. The molecule has 2 fully saturated rings. The molecule has 178 valence electrons. The monoisotopic (exact) mass is 456 g/mol. The first-order valence-corrected chi connectivity index (χ1v) is 11.7. The number of carbonyl (C=O) groups excluding carboxylic acids is 1. The van der Waals surface area contributed by atoms with Crippen molar-refractivity contribution in [1.82, 2.24) is 9.97 Å². The van der Waals surface area contributed by atoms with Gasteiger partial charge in [0.2, 0.25) is 5.82 Å². The molecular formula is C25H33FN4O3. The van der Waals surface area contributed by atoms with E-state index in [4.69, 9.17) is 9.47 Å². The van der Waals surface area contributed by atoms with E-state index < -0.39 is 0 Å². The smallest absolute Gasteiger partial charge is 0.208 e. The average molecular weight is 457 g/mol. The number of nitrogens with zero attached hydrogens (tertiary/aromatic N) is 4. The van der Waals surface area contributed by atoms with E-state index in [9.17, 15) is 4.79 Å². The van der Waals surface area contributed by atoms with Crippen molar-refractivity contribution in [1.29, 1.82) is 0 Å². The Kier molecular flexibility index (Phi) is 7.42. The van der Waals surface area contributed by atoms with Crippen LogP contribution in [0.5, 0.6) is 5.75 Å². The number of Topliss-reactive ketones (excluding diaryl/α,β-unsaturated/α-hetero) is 1. The highest BCUT2D eigenvalue weighted by molar-refractivity contribution is 5.76. The fourth-order valence-corrected chi connectivity index (χ4v) is 4.75. The van der Waals surface area contributed by atoms with Crippen LogP contribution in [0.3, 0.4) is 0 Å². The maximum atomic E-state index is 15.4. The van der Waals surface area contributed by atoms with Gasteiger partial charge in [0.25, 0.3) is 0 Å². The Morgan fingerprint density at radius 2 is 1.76 bits per heavy atom. The minimum absolute atomic E-state index is 0.0452. The first-order valence-electron chi connectivity index (χ1n) is 11.7. The lowest BCUT2D eigenvalue weighted by molar-refractivity contribution is -0.117. The number of ketones is 1. The molecule has 1 aromatic carbocycles. The van der Waals surface area contributed by atoms with Crippen LogP contribution in [-0.4, -0.2) is 61.2 Å². The van der Waals surface area contributed by atoms with Gasteiger partial charge in [0.1, 0.15) is 24.0 Å². The maximum Gasteiger partial charge on any atom is 0.208 e. The van der Waals surface area contributed by atoms with Crippen molar-refractivity contribution >= 4 is 17.4 Å². The summed E-state index contributed by atoms with van der Waals surface area (Å²) in [4.78, 5) is 23.7. The van der Waals surface area contributed by atoms with Crippen LogP contribution in [0.4, 0.5) is 16.0 Å². The molecule has 1 aromatic heterocycles. The third kappa shape index (κ3) is 5.61. The molecule has 0 spiro atoms. The SMILES string of the molecule is COC1CCCN(c2ncnc(N3CC[C@@H](Oc4ccc([C@H](C)CC(C)=O)cc4)C3)c2F)C1. The lowest BCUT2D eigenvalue weighted by atomic mass is 9.96. The first-order chi connectivity index (χ1) is 15.9. The number of piperidine rings is 1. The summed E-state index contributed by atoms with van der Waals surface area (Å²) >= 11 is 0. The molecule has 8 heteroatoms. The third-order valence-corrected chi connectivity index (χ3v) is 6.55. The number of anilines is 2. The number of halogens is 1. The predicted molar refractivity (Wildman–Crippen MR) is 126 cm³/mol. The highest BCUT2D eigenvalue weighted by atomic mass is 19.1. The molecule has 0 N–H and O–H groups in total. The third-order valence-electron chi connectivity index (χ3n) is 6.55. The summed E-state index contributed by atoms with van der Waals surface area (Å²) in [5, 5.41) is 0. The number of hydrogen-bond donors (Lipinski definition) is 0. The Labute approximate surface area is 194 Å². The van der Waals surface area contributed by atoms with Crippen LogP contribution in [0.2, 0.25) is 0 Å². The summed E-state index contributed by atoms with van der Waals surface area (Å²) < 4.78 is 27.0. The molecule has 2 aliphatic heterocycles. The van der Waals surface area contributed by atoms with E-state index in [0.29, 0.717) is 37.7 Å². The molecule has 33 heavy (non-hydrogen) atoms. The molecule has 0 saturated carbocycles. The Balaban J connectivity index is 1.38. The van der Waals surface area contributed by atoms with Crippen LogP contribution >= 0.6 is 0 Å². The van der Waals surface area contributed by atoms with Gasteiger partial charge in [-0.25, -0.2) is 9.97 Å². The van der Waals surface area contributed by atoms with Gasteiger partial charge >= 0.3 is 0 Å². The van der Waals surface area contributed by atoms with Gasteiger partial charge < -0.3 is 24.1 Å². The van der Waals surface area contributed by atoms with Crippen molar-refractivity contribution in [3.05, 3.63) is 42.0 Å². The minimum Gasteiger partial charge on any atom is -0.489 e. The molecule has 2 aliphatic rings. The standard InChI is InChI=1S/C25H33FN4O3/c1-17(13-18(2)31)19-6-8-20(9-7-19)33-22-10-12-30(15-22)25-23(26)24(27-16-28-25)29-11-4-5-21(14-29)32-3/h6-9,16-17,21-22H,4-5,10-15H2,1-3H3/t17-,21?,22-/m1/s1. The van der Waals surface area contributed by atoms with Gasteiger partial charge in [-0.2, -0.15) is 4.39 Å². The first kappa shape index (κ1) is 23.4. The van der Waals surface area contributed by atoms with E-state index in [1.165, 1.54) is 6.33 Å². The number of rotatable bonds is 8. The van der Waals surface area contributed by atoms with E-state index in [-0.39, 0.29) is 29.7 Å². The van der Waals surface area contributed by atoms with E-state index in [0.717, 1.165) is 37.1 Å². The Morgan fingerprint density at radius 3 is 2.42 bits per heavy atom. The number of aromatic nitrogens is 2. The van der Waals surface area contributed by atoms with E-state index in [2.05, 4.69) is 16.9 Å². The van der Waals surface area contributed by atoms with Crippen LogP contribution < -0.4 is 14.5 Å². The molecule has 0 bridgehead atoms. The van der Waals surface area contributed by atoms with Crippen molar-refractivity contribution in [3.8, 4) is 5.75 Å². The molecule has 0 radical (unpaired) electrons. The summed E-state index contributed by atoms with van der Waals surface area (Å²) in [6.45, 7) is 6.31.